The minimum atomic E-state index is -0.582. The van der Waals surface area contributed by atoms with Gasteiger partial charge in [0.25, 0.3) is 5.56 Å². The van der Waals surface area contributed by atoms with Crippen molar-refractivity contribution in [3.63, 3.8) is 0 Å². The van der Waals surface area contributed by atoms with Crippen LogP contribution in [0.5, 0.6) is 5.75 Å². The van der Waals surface area contributed by atoms with E-state index < -0.39 is 5.56 Å². The number of fused-ring (bicyclic) bond motifs is 1. The summed E-state index contributed by atoms with van der Waals surface area (Å²) in [5.41, 5.74) is -0.149. The maximum Gasteiger partial charge on any atom is 0.290 e. The molecule has 3 nitrogen and oxygen atoms in total. The van der Waals surface area contributed by atoms with E-state index in [0.29, 0.717) is 15.9 Å². The SMILES string of the molecule is O=c1[nH]c2c(Cl)c(Cl)ccc2cc1O. The Labute approximate surface area is 88.9 Å². The predicted molar refractivity (Wildman–Crippen MR) is 56.3 cm³/mol. The number of aromatic hydroxyl groups is 1. The highest BCUT2D eigenvalue weighted by atomic mass is 35.5. The molecule has 0 radical (unpaired) electrons. The Morgan fingerprint density at radius 2 is 2.00 bits per heavy atom. The number of H-pyrrole nitrogens is 1. The van der Waals surface area contributed by atoms with Gasteiger partial charge in [0.15, 0.2) is 5.75 Å². The fourth-order valence-electron chi connectivity index (χ4n) is 1.20. The van der Waals surface area contributed by atoms with E-state index in [4.69, 9.17) is 28.3 Å². The molecule has 72 valence electrons. The third-order valence-corrected chi connectivity index (χ3v) is 2.69. The first-order valence-corrected chi connectivity index (χ1v) is 4.55. The van der Waals surface area contributed by atoms with Gasteiger partial charge in [0, 0.05) is 5.39 Å². The quantitative estimate of drug-likeness (QED) is 0.730. The Hall–Kier alpha value is -1.19. The van der Waals surface area contributed by atoms with Crippen molar-refractivity contribution in [1.82, 2.24) is 4.98 Å². The molecule has 0 aliphatic rings. The minimum absolute atomic E-state index is 0.279. The summed E-state index contributed by atoms with van der Waals surface area (Å²) < 4.78 is 0. The zero-order valence-electron chi connectivity index (χ0n) is 6.84. The highest BCUT2D eigenvalue weighted by Crippen LogP contribution is 2.29. The maximum absolute atomic E-state index is 11.1. The molecule has 0 bridgehead atoms. The molecule has 2 aromatic rings. The minimum Gasteiger partial charge on any atom is -0.503 e. The molecule has 2 rings (SSSR count). The average molecular weight is 230 g/mol. The van der Waals surface area contributed by atoms with Crippen molar-refractivity contribution in [3.05, 3.63) is 38.6 Å². The first-order chi connectivity index (χ1) is 6.59. The van der Waals surface area contributed by atoms with Gasteiger partial charge >= 0.3 is 0 Å². The highest BCUT2D eigenvalue weighted by Gasteiger charge is 2.06. The Bertz CT molecular complexity index is 562. The second-order valence-corrected chi connectivity index (χ2v) is 3.59. The summed E-state index contributed by atoms with van der Waals surface area (Å²) in [6, 6.07) is 4.61. The molecular formula is C9H5Cl2NO2. The van der Waals surface area contributed by atoms with Gasteiger partial charge in [0.2, 0.25) is 0 Å². The largest absolute Gasteiger partial charge is 0.503 e. The van der Waals surface area contributed by atoms with Gasteiger partial charge in [-0.3, -0.25) is 4.79 Å². The number of hydrogen-bond donors (Lipinski definition) is 2. The lowest BCUT2D eigenvalue weighted by atomic mass is 10.2. The van der Waals surface area contributed by atoms with Crippen LogP contribution in [-0.2, 0) is 0 Å². The van der Waals surface area contributed by atoms with Crippen LogP contribution in [-0.4, -0.2) is 10.1 Å². The Kier molecular flexibility index (Phi) is 2.13. The number of nitrogens with one attached hydrogen (secondary N) is 1. The molecule has 0 aliphatic carbocycles. The molecule has 0 amide bonds. The van der Waals surface area contributed by atoms with Gasteiger partial charge in [0.1, 0.15) is 0 Å². The Morgan fingerprint density at radius 1 is 1.29 bits per heavy atom. The molecule has 0 aliphatic heterocycles. The number of rotatable bonds is 0. The summed E-state index contributed by atoms with van der Waals surface area (Å²) in [5.74, 6) is -0.337. The van der Waals surface area contributed by atoms with E-state index in [1.807, 2.05) is 0 Å². The zero-order chi connectivity index (χ0) is 10.3. The van der Waals surface area contributed by atoms with E-state index in [1.165, 1.54) is 6.07 Å². The fourth-order valence-corrected chi connectivity index (χ4v) is 1.58. The van der Waals surface area contributed by atoms with Crippen molar-refractivity contribution in [3.8, 4) is 5.75 Å². The molecule has 14 heavy (non-hydrogen) atoms. The molecule has 2 N–H and O–H groups in total. The van der Waals surface area contributed by atoms with E-state index in [1.54, 1.807) is 12.1 Å². The van der Waals surface area contributed by atoms with Crippen LogP contribution in [0.15, 0.2) is 23.0 Å². The fraction of sp³-hybridized carbons (Fsp3) is 0. The third kappa shape index (κ3) is 1.35. The zero-order valence-corrected chi connectivity index (χ0v) is 8.36. The average Bonchev–Trinajstić information content (AvgIpc) is 2.15. The van der Waals surface area contributed by atoms with Crippen LogP contribution in [0.2, 0.25) is 10.0 Å². The van der Waals surface area contributed by atoms with Gasteiger partial charge in [-0.25, -0.2) is 0 Å². The van der Waals surface area contributed by atoms with Crippen molar-refractivity contribution in [2.75, 3.05) is 0 Å². The summed E-state index contributed by atoms with van der Waals surface area (Å²) in [6.45, 7) is 0. The van der Waals surface area contributed by atoms with Gasteiger partial charge in [-0.05, 0) is 12.1 Å². The number of aromatic nitrogens is 1. The topological polar surface area (TPSA) is 53.1 Å². The van der Waals surface area contributed by atoms with Gasteiger partial charge < -0.3 is 10.1 Å². The van der Waals surface area contributed by atoms with Crippen LogP contribution >= 0.6 is 23.2 Å². The first kappa shape index (κ1) is 9.37. The summed E-state index contributed by atoms with van der Waals surface area (Å²) in [6.07, 6.45) is 0. The monoisotopic (exact) mass is 229 g/mol. The highest BCUT2D eigenvalue weighted by molar-refractivity contribution is 6.44. The summed E-state index contributed by atoms with van der Waals surface area (Å²) in [4.78, 5) is 13.5. The van der Waals surface area contributed by atoms with Crippen molar-refractivity contribution in [2.24, 2.45) is 0 Å². The molecule has 0 unspecified atom stereocenters. The van der Waals surface area contributed by atoms with Crippen LogP contribution in [0, 0.1) is 0 Å². The van der Waals surface area contributed by atoms with Crippen LogP contribution < -0.4 is 5.56 Å². The number of pyridine rings is 1. The third-order valence-electron chi connectivity index (χ3n) is 1.89. The summed E-state index contributed by atoms with van der Waals surface area (Å²) in [5, 5.41) is 10.4. The normalized spacial score (nSPS) is 10.7. The number of hydrogen-bond acceptors (Lipinski definition) is 2. The van der Waals surface area contributed by atoms with Crippen LogP contribution in [0.3, 0.4) is 0 Å². The van der Waals surface area contributed by atoms with Gasteiger partial charge in [-0.1, -0.05) is 29.3 Å². The second kappa shape index (κ2) is 3.19. The lowest BCUT2D eigenvalue weighted by molar-refractivity contribution is 0.468. The lowest BCUT2D eigenvalue weighted by Crippen LogP contribution is -2.04. The standard InChI is InChI=1S/C9H5Cl2NO2/c10-5-2-1-4-3-6(13)9(14)12-8(4)7(5)11/h1-3,13H,(H,12,14). The van der Waals surface area contributed by atoms with E-state index in [9.17, 15) is 4.79 Å². The maximum atomic E-state index is 11.1. The molecule has 1 aromatic heterocycles. The van der Waals surface area contributed by atoms with Crippen molar-refractivity contribution >= 4 is 34.1 Å². The molecule has 0 saturated heterocycles. The van der Waals surface area contributed by atoms with E-state index in [2.05, 4.69) is 4.98 Å². The summed E-state index contributed by atoms with van der Waals surface area (Å²) in [7, 11) is 0. The Balaban J connectivity index is 2.97. The molecule has 0 fully saturated rings. The van der Waals surface area contributed by atoms with Gasteiger partial charge in [0.05, 0.1) is 15.6 Å². The molecule has 0 saturated carbocycles. The number of halogens is 2. The number of benzene rings is 1. The molecule has 0 atom stereocenters. The molecule has 5 heteroatoms. The van der Waals surface area contributed by atoms with Gasteiger partial charge in [-0.2, -0.15) is 0 Å². The predicted octanol–water partition coefficient (Wildman–Crippen LogP) is 2.54. The molecular weight excluding hydrogens is 225 g/mol. The molecule has 1 aromatic carbocycles. The van der Waals surface area contributed by atoms with E-state index in [0.717, 1.165) is 0 Å². The van der Waals surface area contributed by atoms with Crippen LogP contribution in [0.1, 0.15) is 0 Å². The van der Waals surface area contributed by atoms with Crippen LogP contribution in [0.25, 0.3) is 10.9 Å². The summed E-state index contributed by atoms with van der Waals surface area (Å²) >= 11 is 11.6. The number of aromatic amines is 1. The van der Waals surface area contributed by atoms with E-state index in [-0.39, 0.29) is 10.8 Å². The van der Waals surface area contributed by atoms with Crippen molar-refractivity contribution in [1.29, 1.82) is 0 Å². The lowest BCUT2D eigenvalue weighted by Gasteiger charge is -2.02. The molecule has 1 heterocycles. The smallest absolute Gasteiger partial charge is 0.290 e. The molecule has 0 spiro atoms. The second-order valence-electron chi connectivity index (χ2n) is 2.81. The van der Waals surface area contributed by atoms with Crippen molar-refractivity contribution < 1.29 is 5.11 Å². The van der Waals surface area contributed by atoms with Crippen LogP contribution in [0.4, 0.5) is 0 Å². The first-order valence-electron chi connectivity index (χ1n) is 3.79. The van der Waals surface area contributed by atoms with Crippen molar-refractivity contribution in [2.45, 2.75) is 0 Å². The van der Waals surface area contributed by atoms with Gasteiger partial charge in [-0.15, -0.1) is 0 Å². The van der Waals surface area contributed by atoms with E-state index >= 15 is 0 Å². The Morgan fingerprint density at radius 3 is 2.71 bits per heavy atom.